The van der Waals surface area contributed by atoms with Crippen molar-refractivity contribution < 1.29 is 29.8 Å². The maximum absolute atomic E-state index is 11.0. The molecule has 9 heteroatoms. The summed E-state index contributed by atoms with van der Waals surface area (Å²) in [4.78, 5) is -2.16. The minimum Gasteiger partial charge on any atom is -0.271 e. The summed E-state index contributed by atoms with van der Waals surface area (Å²) in [5, 5.41) is 0. The van der Waals surface area contributed by atoms with E-state index in [1.165, 1.54) is 0 Å². The Morgan fingerprint density at radius 3 is 1.77 bits per heavy atom. The lowest BCUT2D eigenvalue weighted by atomic mass is 10.5. The van der Waals surface area contributed by atoms with Gasteiger partial charge in [-0.3, -0.25) is 8.74 Å². The fourth-order valence-corrected chi connectivity index (χ4v) is 2.00. The van der Waals surface area contributed by atoms with Gasteiger partial charge in [0, 0.05) is 0 Å². The third-order valence-electron chi connectivity index (χ3n) is 1.13. The van der Waals surface area contributed by atoms with Gasteiger partial charge in [0.15, 0.2) is 0 Å². The zero-order chi connectivity index (χ0) is 10.9. The first-order valence-electron chi connectivity index (χ1n) is 3.00. The van der Waals surface area contributed by atoms with E-state index in [0.29, 0.717) is 0 Å². The molecule has 0 bridgehead atoms. The molecule has 0 saturated carbocycles. The van der Waals surface area contributed by atoms with Crippen LogP contribution in [0.1, 0.15) is 13.8 Å². The molecule has 0 aliphatic heterocycles. The SMILES string of the molecule is COS(=O)(=O)C(C)(C)OS(=O)(=O)O. The Balaban J connectivity index is 5.02. The van der Waals surface area contributed by atoms with Gasteiger partial charge in [0.25, 0.3) is 10.1 Å². The first kappa shape index (κ1) is 12.8. The standard InChI is InChI=1S/C4H10O7S2/c1-4(2,11-13(7,8)9)12(5,6)10-3/h1-3H3,(H,7,8,9). The van der Waals surface area contributed by atoms with Crippen molar-refractivity contribution in [2.75, 3.05) is 7.11 Å². The third kappa shape index (κ3) is 3.56. The highest BCUT2D eigenvalue weighted by Gasteiger charge is 2.40. The highest BCUT2D eigenvalue weighted by atomic mass is 32.3. The first-order valence-corrected chi connectivity index (χ1v) is 5.77. The summed E-state index contributed by atoms with van der Waals surface area (Å²) in [5.74, 6) is 0. The van der Waals surface area contributed by atoms with Crippen LogP contribution in [0.5, 0.6) is 0 Å². The van der Waals surface area contributed by atoms with Gasteiger partial charge in [-0.05, 0) is 13.8 Å². The van der Waals surface area contributed by atoms with Crippen LogP contribution >= 0.6 is 0 Å². The molecule has 0 fully saturated rings. The second kappa shape index (κ2) is 3.50. The smallest absolute Gasteiger partial charge is 0.271 e. The minimum absolute atomic E-state index is 0.852. The van der Waals surface area contributed by atoms with Gasteiger partial charge in [0.1, 0.15) is 0 Å². The summed E-state index contributed by atoms with van der Waals surface area (Å²) >= 11 is 0. The quantitative estimate of drug-likeness (QED) is 0.517. The molecule has 0 unspecified atom stereocenters. The van der Waals surface area contributed by atoms with E-state index in [0.717, 1.165) is 21.0 Å². The topological polar surface area (TPSA) is 107 Å². The second-order valence-corrected chi connectivity index (χ2v) is 5.78. The fourth-order valence-electron chi connectivity index (χ4n) is 0.496. The van der Waals surface area contributed by atoms with Crippen molar-refractivity contribution in [2.45, 2.75) is 18.8 Å². The van der Waals surface area contributed by atoms with Gasteiger partial charge in [-0.15, -0.1) is 0 Å². The molecule has 13 heavy (non-hydrogen) atoms. The maximum Gasteiger partial charge on any atom is 0.398 e. The lowest BCUT2D eigenvalue weighted by Gasteiger charge is -2.20. The molecule has 80 valence electrons. The lowest BCUT2D eigenvalue weighted by molar-refractivity contribution is 0.157. The van der Waals surface area contributed by atoms with Crippen molar-refractivity contribution in [3.8, 4) is 0 Å². The molecule has 0 aromatic heterocycles. The molecule has 0 spiro atoms. The molecule has 0 atom stereocenters. The Morgan fingerprint density at radius 2 is 1.54 bits per heavy atom. The van der Waals surface area contributed by atoms with Crippen LogP contribution in [0.25, 0.3) is 0 Å². The second-order valence-electron chi connectivity index (χ2n) is 2.53. The van der Waals surface area contributed by atoms with Gasteiger partial charge in [0.2, 0.25) is 4.93 Å². The predicted molar refractivity (Wildman–Crippen MR) is 42.6 cm³/mol. The normalized spacial score (nSPS) is 14.5. The molecular weight excluding hydrogens is 224 g/mol. The first-order chi connectivity index (χ1) is 5.52. The lowest BCUT2D eigenvalue weighted by Crippen LogP contribution is -2.37. The van der Waals surface area contributed by atoms with Crippen LogP contribution in [0.2, 0.25) is 0 Å². The van der Waals surface area contributed by atoms with E-state index < -0.39 is 25.5 Å². The minimum atomic E-state index is -4.83. The summed E-state index contributed by atoms with van der Waals surface area (Å²) in [6.07, 6.45) is 0. The molecule has 0 rings (SSSR count). The third-order valence-corrected chi connectivity index (χ3v) is 3.59. The summed E-state index contributed by atoms with van der Waals surface area (Å²) in [5.41, 5.74) is 0. The van der Waals surface area contributed by atoms with Crippen LogP contribution in [0.15, 0.2) is 0 Å². The number of hydrogen-bond acceptors (Lipinski definition) is 6. The van der Waals surface area contributed by atoms with E-state index in [9.17, 15) is 16.8 Å². The Hall–Kier alpha value is -0.220. The largest absolute Gasteiger partial charge is 0.398 e. The fraction of sp³-hybridized carbons (Fsp3) is 1.00. The Kier molecular flexibility index (Phi) is 3.44. The van der Waals surface area contributed by atoms with Crippen LogP contribution < -0.4 is 0 Å². The Labute approximate surface area is 76.7 Å². The molecule has 0 aliphatic rings. The van der Waals surface area contributed by atoms with Gasteiger partial charge >= 0.3 is 10.4 Å². The van der Waals surface area contributed by atoms with Gasteiger partial charge in [0.05, 0.1) is 7.11 Å². The van der Waals surface area contributed by atoms with E-state index in [-0.39, 0.29) is 0 Å². The Morgan fingerprint density at radius 1 is 1.15 bits per heavy atom. The van der Waals surface area contributed by atoms with Gasteiger partial charge in [-0.1, -0.05) is 0 Å². The monoisotopic (exact) mass is 234 g/mol. The van der Waals surface area contributed by atoms with Crippen LogP contribution in [0, 0.1) is 0 Å². The average molecular weight is 234 g/mol. The zero-order valence-electron chi connectivity index (χ0n) is 7.21. The van der Waals surface area contributed by atoms with Crippen molar-refractivity contribution in [3.05, 3.63) is 0 Å². The Bertz CT molecular complexity index is 361. The number of rotatable bonds is 4. The summed E-state index contributed by atoms with van der Waals surface area (Å²) in [7, 11) is -8.17. The highest BCUT2D eigenvalue weighted by Crippen LogP contribution is 2.21. The molecule has 0 aromatic rings. The average Bonchev–Trinajstić information content (AvgIpc) is 1.81. The molecule has 0 saturated heterocycles. The van der Waals surface area contributed by atoms with E-state index in [1.54, 1.807) is 0 Å². The van der Waals surface area contributed by atoms with Crippen molar-refractivity contribution >= 4 is 20.5 Å². The molecule has 0 radical (unpaired) electrons. The molecule has 0 aromatic carbocycles. The van der Waals surface area contributed by atoms with Crippen molar-refractivity contribution in [1.82, 2.24) is 0 Å². The van der Waals surface area contributed by atoms with E-state index in [2.05, 4.69) is 8.37 Å². The highest BCUT2D eigenvalue weighted by molar-refractivity contribution is 7.89. The molecule has 0 heterocycles. The van der Waals surface area contributed by atoms with Crippen molar-refractivity contribution in [3.63, 3.8) is 0 Å². The molecule has 0 aliphatic carbocycles. The zero-order valence-corrected chi connectivity index (χ0v) is 8.85. The summed E-state index contributed by atoms with van der Waals surface area (Å²) < 4.78 is 58.6. The van der Waals surface area contributed by atoms with E-state index in [4.69, 9.17) is 4.55 Å². The summed E-state index contributed by atoms with van der Waals surface area (Å²) in [6.45, 7) is 1.86. The van der Waals surface area contributed by atoms with Gasteiger partial charge < -0.3 is 0 Å². The van der Waals surface area contributed by atoms with E-state index >= 15 is 0 Å². The van der Waals surface area contributed by atoms with E-state index in [1.807, 2.05) is 0 Å². The predicted octanol–water partition coefficient (Wildman–Crippen LogP) is -0.482. The van der Waals surface area contributed by atoms with Crippen molar-refractivity contribution in [2.24, 2.45) is 0 Å². The maximum atomic E-state index is 11.0. The van der Waals surface area contributed by atoms with Gasteiger partial charge in [-0.25, -0.2) is 4.18 Å². The van der Waals surface area contributed by atoms with Crippen LogP contribution in [0.3, 0.4) is 0 Å². The van der Waals surface area contributed by atoms with Crippen LogP contribution in [-0.2, 0) is 28.9 Å². The van der Waals surface area contributed by atoms with Gasteiger partial charge in [-0.2, -0.15) is 16.8 Å². The molecule has 1 N–H and O–H groups in total. The van der Waals surface area contributed by atoms with Crippen molar-refractivity contribution in [1.29, 1.82) is 0 Å². The number of hydrogen-bond donors (Lipinski definition) is 1. The van der Waals surface area contributed by atoms with Crippen LogP contribution in [0.4, 0.5) is 0 Å². The molecule has 7 nitrogen and oxygen atoms in total. The van der Waals surface area contributed by atoms with Crippen LogP contribution in [-0.4, -0.2) is 33.4 Å². The molecule has 0 amide bonds. The molecular formula is C4H10O7S2. The summed E-state index contributed by atoms with van der Waals surface area (Å²) in [6, 6.07) is 0.